The summed E-state index contributed by atoms with van der Waals surface area (Å²) < 4.78 is 10.5. The summed E-state index contributed by atoms with van der Waals surface area (Å²) in [4.78, 5) is 0. The first kappa shape index (κ1) is 15.4. The van der Waals surface area contributed by atoms with E-state index in [1.54, 1.807) is 14.2 Å². The molecule has 0 aliphatic rings. The fraction of sp³-hybridized carbons (Fsp3) is 0.294. The van der Waals surface area contributed by atoms with Gasteiger partial charge in [0.05, 0.1) is 20.8 Å². The largest absolute Gasteiger partial charge is 0.497 e. The summed E-state index contributed by atoms with van der Waals surface area (Å²) in [6, 6.07) is 13.7. The van der Waals surface area contributed by atoms with Gasteiger partial charge in [-0.1, -0.05) is 24.3 Å². The zero-order chi connectivity index (χ0) is 15.1. The summed E-state index contributed by atoms with van der Waals surface area (Å²) in [7, 11) is 3.28. The van der Waals surface area contributed by atoms with Crippen LogP contribution in [0, 0.1) is 0 Å². The van der Waals surface area contributed by atoms with E-state index in [-0.39, 0.29) is 6.61 Å². The lowest BCUT2D eigenvalue weighted by Crippen LogP contribution is -2.14. The summed E-state index contributed by atoms with van der Waals surface area (Å²) in [6.45, 7) is 1.47. The van der Waals surface area contributed by atoms with E-state index in [1.165, 1.54) is 0 Å². The monoisotopic (exact) mass is 287 g/mol. The van der Waals surface area contributed by atoms with Crippen LogP contribution in [0.15, 0.2) is 42.5 Å². The standard InChI is InChI=1S/C17H21NO3/c1-20-16-7-13(8-17(9-16)21-2)10-18-11-14-5-3-4-6-15(14)12-19/h3-9,18-19H,10-12H2,1-2H3. The Morgan fingerprint density at radius 2 is 1.52 bits per heavy atom. The molecule has 0 aliphatic heterocycles. The van der Waals surface area contributed by atoms with E-state index in [0.717, 1.165) is 28.2 Å². The number of methoxy groups -OCH3 is 2. The van der Waals surface area contributed by atoms with Crippen molar-refractivity contribution in [3.8, 4) is 11.5 Å². The molecule has 0 unspecified atom stereocenters. The molecular weight excluding hydrogens is 266 g/mol. The number of nitrogens with one attached hydrogen (secondary N) is 1. The molecule has 0 radical (unpaired) electrons. The number of ether oxygens (including phenoxy) is 2. The lowest BCUT2D eigenvalue weighted by molar-refractivity contribution is 0.280. The molecule has 2 aromatic carbocycles. The van der Waals surface area contributed by atoms with Gasteiger partial charge in [-0.2, -0.15) is 0 Å². The van der Waals surface area contributed by atoms with Crippen molar-refractivity contribution in [2.45, 2.75) is 19.7 Å². The Kier molecular flexibility index (Phi) is 5.60. The first-order valence-corrected chi connectivity index (χ1v) is 6.87. The molecule has 21 heavy (non-hydrogen) atoms. The van der Waals surface area contributed by atoms with Crippen LogP contribution in [0.1, 0.15) is 16.7 Å². The average Bonchev–Trinajstić information content (AvgIpc) is 2.54. The van der Waals surface area contributed by atoms with Crippen LogP contribution in [0.4, 0.5) is 0 Å². The van der Waals surface area contributed by atoms with Gasteiger partial charge in [0.25, 0.3) is 0 Å². The summed E-state index contributed by atoms with van der Waals surface area (Å²) >= 11 is 0. The fourth-order valence-corrected chi connectivity index (χ4v) is 2.19. The molecular formula is C17H21NO3. The van der Waals surface area contributed by atoms with Gasteiger partial charge < -0.3 is 19.9 Å². The molecule has 4 nitrogen and oxygen atoms in total. The predicted molar refractivity (Wildman–Crippen MR) is 82.5 cm³/mol. The van der Waals surface area contributed by atoms with Crippen molar-refractivity contribution in [1.29, 1.82) is 0 Å². The van der Waals surface area contributed by atoms with Crippen LogP contribution >= 0.6 is 0 Å². The quantitative estimate of drug-likeness (QED) is 0.821. The highest BCUT2D eigenvalue weighted by molar-refractivity contribution is 5.38. The maximum Gasteiger partial charge on any atom is 0.122 e. The van der Waals surface area contributed by atoms with Gasteiger partial charge in [-0.05, 0) is 28.8 Å². The number of hydrogen-bond donors (Lipinski definition) is 2. The van der Waals surface area contributed by atoms with Crippen LogP contribution in [-0.4, -0.2) is 19.3 Å². The van der Waals surface area contributed by atoms with Crippen molar-refractivity contribution in [3.63, 3.8) is 0 Å². The lowest BCUT2D eigenvalue weighted by atomic mass is 10.1. The number of rotatable bonds is 7. The van der Waals surface area contributed by atoms with E-state index in [9.17, 15) is 5.11 Å². The van der Waals surface area contributed by atoms with E-state index in [4.69, 9.17) is 9.47 Å². The Labute approximate surface area is 125 Å². The minimum absolute atomic E-state index is 0.0604. The normalized spacial score (nSPS) is 10.4. The van der Waals surface area contributed by atoms with Gasteiger partial charge in [0.15, 0.2) is 0 Å². The van der Waals surface area contributed by atoms with E-state index in [1.807, 2.05) is 42.5 Å². The zero-order valence-corrected chi connectivity index (χ0v) is 12.4. The van der Waals surface area contributed by atoms with Gasteiger partial charge in [-0.15, -0.1) is 0 Å². The molecule has 4 heteroatoms. The second kappa shape index (κ2) is 7.67. The highest BCUT2D eigenvalue weighted by Gasteiger charge is 2.03. The molecule has 0 atom stereocenters. The highest BCUT2D eigenvalue weighted by atomic mass is 16.5. The van der Waals surface area contributed by atoms with Gasteiger partial charge in [0, 0.05) is 19.2 Å². The third kappa shape index (κ3) is 4.21. The summed E-state index contributed by atoms with van der Waals surface area (Å²) in [5.41, 5.74) is 3.15. The van der Waals surface area contributed by atoms with Gasteiger partial charge in [0.1, 0.15) is 11.5 Å². The Balaban J connectivity index is 2.00. The van der Waals surface area contributed by atoms with Gasteiger partial charge in [-0.3, -0.25) is 0 Å². The Morgan fingerprint density at radius 3 is 2.10 bits per heavy atom. The molecule has 0 fully saturated rings. The van der Waals surface area contributed by atoms with Crippen LogP contribution < -0.4 is 14.8 Å². The van der Waals surface area contributed by atoms with E-state index >= 15 is 0 Å². The number of benzene rings is 2. The maximum atomic E-state index is 9.31. The Hall–Kier alpha value is -2.04. The Morgan fingerprint density at radius 1 is 0.905 bits per heavy atom. The molecule has 0 saturated carbocycles. The van der Waals surface area contributed by atoms with Crippen LogP contribution in [0.2, 0.25) is 0 Å². The molecule has 0 aromatic heterocycles. The highest BCUT2D eigenvalue weighted by Crippen LogP contribution is 2.22. The average molecular weight is 287 g/mol. The van der Waals surface area contributed by atoms with E-state index in [2.05, 4.69) is 5.32 Å². The van der Waals surface area contributed by atoms with Crippen molar-refractivity contribution in [3.05, 3.63) is 59.2 Å². The number of aliphatic hydroxyl groups is 1. The van der Waals surface area contributed by atoms with Crippen LogP contribution in [-0.2, 0) is 19.7 Å². The fourth-order valence-electron chi connectivity index (χ4n) is 2.19. The molecule has 2 aromatic rings. The summed E-state index contributed by atoms with van der Waals surface area (Å²) in [5.74, 6) is 1.56. The predicted octanol–water partition coefficient (Wildman–Crippen LogP) is 2.49. The van der Waals surface area contributed by atoms with Crippen LogP contribution in [0.3, 0.4) is 0 Å². The minimum atomic E-state index is 0.0604. The van der Waals surface area contributed by atoms with Crippen molar-refractivity contribution >= 4 is 0 Å². The second-order valence-corrected chi connectivity index (χ2v) is 4.75. The molecule has 112 valence electrons. The molecule has 0 aliphatic carbocycles. The van der Waals surface area contributed by atoms with Crippen molar-refractivity contribution in [2.24, 2.45) is 0 Å². The molecule has 2 N–H and O–H groups in total. The smallest absolute Gasteiger partial charge is 0.122 e. The third-order valence-corrected chi connectivity index (χ3v) is 3.34. The molecule has 0 spiro atoms. The topological polar surface area (TPSA) is 50.7 Å². The SMILES string of the molecule is COc1cc(CNCc2ccccc2CO)cc(OC)c1. The molecule has 0 heterocycles. The first-order chi connectivity index (χ1) is 10.3. The zero-order valence-electron chi connectivity index (χ0n) is 12.4. The number of aliphatic hydroxyl groups excluding tert-OH is 1. The molecule has 0 saturated heterocycles. The van der Waals surface area contributed by atoms with Crippen molar-refractivity contribution in [2.75, 3.05) is 14.2 Å². The lowest BCUT2D eigenvalue weighted by Gasteiger charge is -2.11. The molecule has 0 bridgehead atoms. The maximum absolute atomic E-state index is 9.31. The Bertz CT molecular complexity index is 562. The summed E-state index contributed by atoms with van der Waals surface area (Å²) in [5, 5.41) is 12.7. The molecule has 2 rings (SSSR count). The van der Waals surface area contributed by atoms with Crippen molar-refractivity contribution < 1.29 is 14.6 Å². The van der Waals surface area contributed by atoms with Crippen LogP contribution in [0.5, 0.6) is 11.5 Å². The van der Waals surface area contributed by atoms with Gasteiger partial charge >= 0.3 is 0 Å². The number of hydrogen-bond acceptors (Lipinski definition) is 4. The minimum Gasteiger partial charge on any atom is -0.497 e. The molecule has 0 amide bonds. The van der Waals surface area contributed by atoms with E-state index < -0.39 is 0 Å². The van der Waals surface area contributed by atoms with E-state index in [0.29, 0.717) is 13.1 Å². The second-order valence-electron chi connectivity index (χ2n) is 4.75. The van der Waals surface area contributed by atoms with Gasteiger partial charge in [0.2, 0.25) is 0 Å². The van der Waals surface area contributed by atoms with Crippen molar-refractivity contribution in [1.82, 2.24) is 5.32 Å². The first-order valence-electron chi connectivity index (χ1n) is 6.87. The summed E-state index contributed by atoms with van der Waals surface area (Å²) in [6.07, 6.45) is 0. The van der Waals surface area contributed by atoms with Gasteiger partial charge in [-0.25, -0.2) is 0 Å². The van der Waals surface area contributed by atoms with Crippen LogP contribution in [0.25, 0.3) is 0 Å². The third-order valence-electron chi connectivity index (χ3n) is 3.34.